The molecule has 0 amide bonds. The summed E-state index contributed by atoms with van der Waals surface area (Å²) >= 11 is 0. The summed E-state index contributed by atoms with van der Waals surface area (Å²) < 4.78 is 2.11. The largest absolute Gasteiger partial charge is 0.317 e. The molecule has 1 N–H and O–H groups in total. The SMILES string of the molecule is CCCN(Cc1ccn(C(C)CC)n1)C1CCNCC1. The maximum atomic E-state index is 4.76. The maximum absolute atomic E-state index is 4.76. The first-order chi connectivity index (χ1) is 9.74. The van der Waals surface area contributed by atoms with E-state index >= 15 is 0 Å². The zero-order valence-electron chi connectivity index (χ0n) is 13.3. The smallest absolute Gasteiger partial charge is 0.0764 e. The molecule has 0 radical (unpaired) electrons. The zero-order valence-corrected chi connectivity index (χ0v) is 13.3. The van der Waals surface area contributed by atoms with Crippen LogP contribution < -0.4 is 5.32 Å². The number of nitrogens with zero attached hydrogens (tertiary/aromatic N) is 3. The molecule has 1 aromatic rings. The number of rotatable bonds is 7. The van der Waals surface area contributed by atoms with E-state index in [1.165, 1.54) is 31.5 Å². The van der Waals surface area contributed by atoms with E-state index in [0.717, 1.165) is 32.1 Å². The van der Waals surface area contributed by atoms with Crippen LogP contribution in [0.5, 0.6) is 0 Å². The Kier molecular flexibility index (Phi) is 6.05. The van der Waals surface area contributed by atoms with Crippen molar-refractivity contribution in [3.8, 4) is 0 Å². The van der Waals surface area contributed by atoms with Crippen molar-refractivity contribution in [3.63, 3.8) is 0 Å². The highest BCUT2D eigenvalue weighted by Crippen LogP contribution is 2.16. The van der Waals surface area contributed by atoms with Crippen molar-refractivity contribution in [2.45, 2.75) is 65.1 Å². The molecule has 1 aliphatic heterocycles. The molecule has 0 spiro atoms. The summed E-state index contributed by atoms with van der Waals surface area (Å²) in [6.45, 7) is 11.2. The molecule has 1 unspecified atom stereocenters. The van der Waals surface area contributed by atoms with E-state index in [9.17, 15) is 0 Å². The van der Waals surface area contributed by atoms with E-state index in [1.54, 1.807) is 0 Å². The third kappa shape index (κ3) is 4.06. The van der Waals surface area contributed by atoms with E-state index in [1.807, 2.05) is 0 Å². The quantitative estimate of drug-likeness (QED) is 0.832. The van der Waals surface area contributed by atoms with Gasteiger partial charge in [0.25, 0.3) is 0 Å². The Balaban J connectivity index is 1.97. The molecule has 114 valence electrons. The molecule has 0 bridgehead atoms. The van der Waals surface area contributed by atoms with Crippen LogP contribution in [0.1, 0.15) is 58.2 Å². The van der Waals surface area contributed by atoms with Crippen molar-refractivity contribution < 1.29 is 0 Å². The summed E-state index contributed by atoms with van der Waals surface area (Å²) in [7, 11) is 0. The molecular formula is C16H30N4. The molecule has 4 heteroatoms. The Morgan fingerprint density at radius 3 is 2.80 bits per heavy atom. The Labute approximate surface area is 123 Å². The van der Waals surface area contributed by atoms with Gasteiger partial charge in [0.15, 0.2) is 0 Å². The average molecular weight is 278 g/mol. The topological polar surface area (TPSA) is 33.1 Å². The number of aromatic nitrogens is 2. The number of hydrogen-bond donors (Lipinski definition) is 1. The first-order valence-electron chi connectivity index (χ1n) is 8.23. The van der Waals surface area contributed by atoms with Crippen molar-refractivity contribution in [3.05, 3.63) is 18.0 Å². The molecule has 1 fully saturated rings. The molecule has 20 heavy (non-hydrogen) atoms. The van der Waals surface area contributed by atoms with E-state index in [2.05, 4.69) is 47.9 Å². The minimum atomic E-state index is 0.502. The summed E-state index contributed by atoms with van der Waals surface area (Å²) in [5, 5.41) is 8.21. The van der Waals surface area contributed by atoms with Crippen LogP contribution in [0, 0.1) is 0 Å². The fourth-order valence-corrected chi connectivity index (χ4v) is 2.95. The van der Waals surface area contributed by atoms with Crippen LogP contribution in [0.3, 0.4) is 0 Å². The van der Waals surface area contributed by atoms with Crippen LogP contribution in [0.2, 0.25) is 0 Å². The third-order valence-electron chi connectivity index (χ3n) is 4.41. The summed E-state index contributed by atoms with van der Waals surface area (Å²) in [6.07, 6.45) is 7.03. The lowest BCUT2D eigenvalue weighted by Gasteiger charge is -2.34. The lowest BCUT2D eigenvalue weighted by atomic mass is 10.0. The van der Waals surface area contributed by atoms with Gasteiger partial charge in [0.05, 0.1) is 5.69 Å². The fraction of sp³-hybridized carbons (Fsp3) is 0.812. The molecule has 0 aliphatic carbocycles. The summed E-state index contributed by atoms with van der Waals surface area (Å²) in [5.74, 6) is 0. The summed E-state index contributed by atoms with van der Waals surface area (Å²) in [6, 6.07) is 3.42. The lowest BCUT2D eigenvalue weighted by molar-refractivity contribution is 0.152. The van der Waals surface area contributed by atoms with Gasteiger partial charge < -0.3 is 5.32 Å². The second-order valence-corrected chi connectivity index (χ2v) is 6.00. The van der Waals surface area contributed by atoms with Gasteiger partial charge in [0, 0.05) is 24.8 Å². The Hall–Kier alpha value is -0.870. The van der Waals surface area contributed by atoms with Crippen LogP contribution >= 0.6 is 0 Å². The van der Waals surface area contributed by atoms with Gasteiger partial charge in [-0.3, -0.25) is 9.58 Å². The van der Waals surface area contributed by atoms with Gasteiger partial charge in [-0.05, 0) is 58.3 Å². The molecule has 2 rings (SSSR count). The van der Waals surface area contributed by atoms with Crippen LogP contribution in [0.4, 0.5) is 0 Å². The molecule has 0 aromatic carbocycles. The van der Waals surface area contributed by atoms with Gasteiger partial charge in [-0.25, -0.2) is 0 Å². The molecule has 1 aliphatic rings. The third-order valence-corrected chi connectivity index (χ3v) is 4.41. The van der Waals surface area contributed by atoms with Gasteiger partial charge >= 0.3 is 0 Å². The van der Waals surface area contributed by atoms with Crippen LogP contribution in [0.25, 0.3) is 0 Å². The van der Waals surface area contributed by atoms with E-state index < -0.39 is 0 Å². The van der Waals surface area contributed by atoms with Gasteiger partial charge in [-0.15, -0.1) is 0 Å². The molecule has 1 saturated heterocycles. The van der Waals surface area contributed by atoms with Crippen LogP contribution in [-0.4, -0.2) is 40.4 Å². The van der Waals surface area contributed by atoms with Crippen LogP contribution in [0.15, 0.2) is 12.3 Å². The molecule has 4 nitrogen and oxygen atoms in total. The van der Waals surface area contributed by atoms with E-state index in [-0.39, 0.29) is 0 Å². The predicted molar refractivity (Wildman–Crippen MR) is 83.8 cm³/mol. The zero-order chi connectivity index (χ0) is 14.4. The van der Waals surface area contributed by atoms with Gasteiger partial charge in [0.2, 0.25) is 0 Å². The first-order valence-corrected chi connectivity index (χ1v) is 8.23. The summed E-state index contributed by atoms with van der Waals surface area (Å²) in [4.78, 5) is 2.63. The highest BCUT2D eigenvalue weighted by molar-refractivity contribution is 5.00. The maximum Gasteiger partial charge on any atom is 0.0764 e. The normalized spacial score (nSPS) is 18.6. The van der Waals surface area contributed by atoms with E-state index in [0.29, 0.717) is 6.04 Å². The van der Waals surface area contributed by atoms with Crippen molar-refractivity contribution in [1.29, 1.82) is 0 Å². The Morgan fingerprint density at radius 1 is 1.40 bits per heavy atom. The number of nitrogens with one attached hydrogen (secondary N) is 1. The van der Waals surface area contributed by atoms with Gasteiger partial charge in [-0.2, -0.15) is 5.10 Å². The van der Waals surface area contributed by atoms with Crippen molar-refractivity contribution in [2.24, 2.45) is 0 Å². The number of hydrogen-bond acceptors (Lipinski definition) is 3. The second kappa shape index (κ2) is 7.79. The summed E-state index contributed by atoms with van der Waals surface area (Å²) in [5.41, 5.74) is 1.22. The van der Waals surface area contributed by atoms with Gasteiger partial charge in [-0.1, -0.05) is 13.8 Å². The van der Waals surface area contributed by atoms with E-state index in [4.69, 9.17) is 5.10 Å². The number of piperidine rings is 1. The standard InChI is InChI=1S/C16H30N4/c1-4-11-19(16-6-9-17-10-7-16)13-15-8-12-20(18-15)14(3)5-2/h8,12,14,16-17H,4-7,9-11,13H2,1-3H3. The minimum absolute atomic E-state index is 0.502. The molecule has 0 saturated carbocycles. The first kappa shape index (κ1) is 15.5. The van der Waals surface area contributed by atoms with Crippen LogP contribution in [-0.2, 0) is 6.54 Å². The Bertz CT molecular complexity index is 382. The molecular weight excluding hydrogens is 248 g/mol. The highest BCUT2D eigenvalue weighted by atomic mass is 15.3. The lowest BCUT2D eigenvalue weighted by Crippen LogP contribution is -2.43. The van der Waals surface area contributed by atoms with Crippen molar-refractivity contribution in [1.82, 2.24) is 20.0 Å². The predicted octanol–water partition coefficient (Wildman–Crippen LogP) is 2.82. The van der Waals surface area contributed by atoms with Crippen molar-refractivity contribution >= 4 is 0 Å². The minimum Gasteiger partial charge on any atom is -0.317 e. The average Bonchev–Trinajstić information content (AvgIpc) is 2.95. The van der Waals surface area contributed by atoms with Gasteiger partial charge in [0.1, 0.15) is 0 Å². The van der Waals surface area contributed by atoms with Crippen molar-refractivity contribution in [2.75, 3.05) is 19.6 Å². The second-order valence-electron chi connectivity index (χ2n) is 6.00. The Morgan fingerprint density at radius 2 is 2.15 bits per heavy atom. The fourth-order valence-electron chi connectivity index (χ4n) is 2.95. The molecule has 1 atom stereocenters. The molecule has 2 heterocycles. The highest BCUT2D eigenvalue weighted by Gasteiger charge is 2.21. The monoisotopic (exact) mass is 278 g/mol. The molecule has 1 aromatic heterocycles.